The normalized spacial score (nSPS) is 18.4. The quantitative estimate of drug-likeness (QED) is 0.181. The molecule has 0 bridgehead atoms. The van der Waals surface area contributed by atoms with E-state index >= 15 is 0 Å². The first kappa shape index (κ1) is 27.9. The van der Waals surface area contributed by atoms with Crippen molar-refractivity contribution in [3.8, 4) is 11.7 Å². The number of nitrogens with zero attached hydrogens (tertiary/aromatic N) is 3. The highest BCUT2D eigenvalue weighted by Gasteiger charge is 2.47. The Morgan fingerprint density at radius 3 is 2.29 bits per heavy atom. The molecule has 0 radical (unpaired) electrons. The highest BCUT2D eigenvalue weighted by molar-refractivity contribution is 7.26. The second kappa shape index (κ2) is 9.91. The van der Waals surface area contributed by atoms with E-state index in [0.29, 0.717) is 5.95 Å². The SMILES string of the molecule is CC1(c2nc(-n3c4ccccc4c4cc5ccc6c7ccccc7sc6c5cc43)nc3c2sc2ccccc23)C=CC=C2c3ccccc3OC21. The van der Waals surface area contributed by atoms with Gasteiger partial charge in [0.25, 0.3) is 0 Å². The Labute approximate surface area is 300 Å². The van der Waals surface area contributed by atoms with E-state index in [4.69, 9.17) is 14.7 Å². The van der Waals surface area contributed by atoms with Crippen molar-refractivity contribution in [2.75, 3.05) is 0 Å². The number of benzene rings is 6. The third-order valence-electron chi connectivity index (χ3n) is 11.1. The van der Waals surface area contributed by atoms with E-state index in [0.717, 1.165) is 43.6 Å². The summed E-state index contributed by atoms with van der Waals surface area (Å²) in [5, 5.41) is 8.63. The molecular weight excluding hydrogens is 663 g/mol. The summed E-state index contributed by atoms with van der Waals surface area (Å²) in [4.78, 5) is 11.1. The summed E-state index contributed by atoms with van der Waals surface area (Å²) < 4.78 is 14.0. The van der Waals surface area contributed by atoms with Crippen molar-refractivity contribution < 1.29 is 4.74 Å². The number of ether oxygens (including phenoxy) is 1. The molecule has 1 aliphatic heterocycles. The lowest BCUT2D eigenvalue weighted by Gasteiger charge is -2.34. The molecule has 2 atom stereocenters. The van der Waals surface area contributed by atoms with Crippen LogP contribution in [0.5, 0.6) is 5.75 Å². The van der Waals surface area contributed by atoms with Crippen LogP contribution in [-0.4, -0.2) is 20.6 Å². The summed E-state index contributed by atoms with van der Waals surface area (Å²) in [6, 6.07) is 43.7. The predicted octanol–water partition coefficient (Wildman–Crippen LogP) is 12.1. The molecule has 12 rings (SSSR count). The fourth-order valence-electron chi connectivity index (χ4n) is 8.63. The lowest BCUT2D eigenvalue weighted by Crippen LogP contribution is -2.40. The van der Waals surface area contributed by atoms with E-state index in [-0.39, 0.29) is 6.10 Å². The van der Waals surface area contributed by atoms with Crippen LogP contribution in [0.4, 0.5) is 0 Å². The van der Waals surface area contributed by atoms with Crippen LogP contribution in [0.15, 0.2) is 140 Å². The summed E-state index contributed by atoms with van der Waals surface area (Å²) in [5.74, 6) is 1.60. The van der Waals surface area contributed by atoms with Gasteiger partial charge in [0, 0.05) is 57.6 Å². The zero-order chi connectivity index (χ0) is 33.4. The zero-order valence-electron chi connectivity index (χ0n) is 27.4. The summed E-state index contributed by atoms with van der Waals surface area (Å²) in [6.07, 6.45) is 6.45. The average Bonchev–Trinajstić information content (AvgIpc) is 3.93. The Bertz CT molecular complexity index is 3220. The summed E-state index contributed by atoms with van der Waals surface area (Å²) in [6.45, 7) is 2.28. The Morgan fingerprint density at radius 2 is 1.39 bits per heavy atom. The van der Waals surface area contributed by atoms with Gasteiger partial charge in [-0.25, -0.2) is 9.97 Å². The van der Waals surface area contributed by atoms with E-state index in [1.165, 1.54) is 52.0 Å². The number of rotatable bonds is 2. The van der Waals surface area contributed by atoms with Gasteiger partial charge in [-0.15, -0.1) is 22.7 Å². The highest BCUT2D eigenvalue weighted by atomic mass is 32.1. The fourth-order valence-corrected chi connectivity index (χ4v) is 11.1. The molecule has 1 aliphatic carbocycles. The Kier molecular flexibility index (Phi) is 5.43. The molecule has 6 heteroatoms. The number of fused-ring (bicyclic) bond motifs is 14. The molecule has 0 saturated carbocycles. The van der Waals surface area contributed by atoms with Crippen LogP contribution in [0, 0.1) is 0 Å². The van der Waals surface area contributed by atoms with E-state index in [1.54, 1.807) is 11.3 Å². The van der Waals surface area contributed by atoms with Gasteiger partial charge >= 0.3 is 0 Å². The molecule has 0 saturated heterocycles. The molecule has 4 aromatic heterocycles. The Balaban J connectivity index is 1.18. The molecule has 0 fully saturated rings. The Hall–Kier alpha value is -5.82. The summed E-state index contributed by atoms with van der Waals surface area (Å²) in [5.41, 5.74) is 5.97. The minimum Gasteiger partial charge on any atom is -0.484 e. The number of aromatic nitrogens is 3. The lowest BCUT2D eigenvalue weighted by atomic mass is 9.74. The van der Waals surface area contributed by atoms with Gasteiger partial charge in [0.1, 0.15) is 11.9 Å². The molecule has 2 unspecified atom stereocenters. The molecule has 51 heavy (non-hydrogen) atoms. The predicted molar refractivity (Wildman–Crippen MR) is 215 cm³/mol. The second-order valence-electron chi connectivity index (χ2n) is 13.9. The van der Waals surface area contributed by atoms with Gasteiger partial charge in [-0.05, 0) is 48.7 Å². The van der Waals surface area contributed by atoms with E-state index in [1.807, 2.05) is 17.4 Å². The van der Waals surface area contributed by atoms with Crippen LogP contribution >= 0.6 is 22.7 Å². The van der Waals surface area contributed by atoms with E-state index in [9.17, 15) is 0 Å². The number of thiophene rings is 2. The topological polar surface area (TPSA) is 39.9 Å². The molecule has 10 aromatic rings. The summed E-state index contributed by atoms with van der Waals surface area (Å²) in [7, 11) is 0. The number of para-hydroxylation sites is 2. The smallest absolute Gasteiger partial charge is 0.235 e. The van der Waals surface area contributed by atoms with Crippen LogP contribution in [0.1, 0.15) is 18.2 Å². The highest BCUT2D eigenvalue weighted by Crippen LogP contribution is 2.51. The van der Waals surface area contributed by atoms with Crippen LogP contribution in [0.3, 0.4) is 0 Å². The first-order valence-electron chi connectivity index (χ1n) is 17.3. The van der Waals surface area contributed by atoms with Crippen molar-refractivity contribution in [3.05, 3.63) is 151 Å². The Morgan fingerprint density at radius 1 is 0.647 bits per heavy atom. The van der Waals surface area contributed by atoms with Crippen molar-refractivity contribution in [1.29, 1.82) is 0 Å². The first-order chi connectivity index (χ1) is 25.1. The van der Waals surface area contributed by atoms with Gasteiger partial charge < -0.3 is 4.74 Å². The molecule has 5 heterocycles. The molecule has 2 aliphatic rings. The van der Waals surface area contributed by atoms with Gasteiger partial charge in [-0.3, -0.25) is 4.57 Å². The van der Waals surface area contributed by atoms with Crippen LogP contribution in [0.25, 0.3) is 84.6 Å². The fraction of sp³-hybridized carbons (Fsp3) is 0.0667. The third-order valence-corrected chi connectivity index (χ3v) is 13.4. The maximum Gasteiger partial charge on any atom is 0.235 e. The van der Waals surface area contributed by atoms with Crippen LogP contribution < -0.4 is 4.74 Å². The third kappa shape index (κ3) is 3.68. The largest absolute Gasteiger partial charge is 0.484 e. The minimum atomic E-state index is -0.547. The van der Waals surface area contributed by atoms with Crippen molar-refractivity contribution in [1.82, 2.24) is 14.5 Å². The first-order valence-corrected chi connectivity index (χ1v) is 18.9. The average molecular weight is 690 g/mol. The van der Waals surface area contributed by atoms with Gasteiger partial charge in [-0.2, -0.15) is 0 Å². The molecule has 0 spiro atoms. The zero-order valence-corrected chi connectivity index (χ0v) is 29.1. The number of hydrogen-bond acceptors (Lipinski definition) is 5. The standard InChI is InChI=1S/C45H27N3OS2/c1-45(22-10-15-30-27-12-3-7-17-36(27)49-43(30)45)42-41-39(31-14-5-9-19-38(31)51-41)46-44(47-42)48-34-16-6-2-11-26(34)33-23-25-20-21-29-28-13-4-8-18-37(28)50-40(29)32(25)24-35(33)48/h2-24,43H,1H3. The maximum atomic E-state index is 6.81. The molecule has 0 amide bonds. The number of allylic oxidation sites excluding steroid dienone is 2. The van der Waals surface area contributed by atoms with E-state index in [2.05, 4.69) is 145 Å². The van der Waals surface area contributed by atoms with Gasteiger partial charge in [0.05, 0.1) is 32.4 Å². The summed E-state index contributed by atoms with van der Waals surface area (Å²) >= 11 is 3.65. The monoisotopic (exact) mass is 689 g/mol. The van der Waals surface area contributed by atoms with Gasteiger partial charge in [-0.1, -0.05) is 103 Å². The minimum absolute atomic E-state index is 0.209. The van der Waals surface area contributed by atoms with Crippen molar-refractivity contribution >= 4 is 101 Å². The molecule has 0 N–H and O–H groups in total. The molecular formula is C45H27N3OS2. The molecule has 240 valence electrons. The molecule has 4 nitrogen and oxygen atoms in total. The lowest BCUT2D eigenvalue weighted by molar-refractivity contribution is 0.207. The van der Waals surface area contributed by atoms with Crippen LogP contribution in [0.2, 0.25) is 0 Å². The maximum absolute atomic E-state index is 6.81. The molecule has 6 aromatic carbocycles. The van der Waals surface area contributed by atoms with Gasteiger partial charge in [0.15, 0.2) is 0 Å². The van der Waals surface area contributed by atoms with Crippen molar-refractivity contribution in [2.45, 2.75) is 18.4 Å². The van der Waals surface area contributed by atoms with Gasteiger partial charge in [0.2, 0.25) is 5.95 Å². The van der Waals surface area contributed by atoms with Crippen molar-refractivity contribution in [2.24, 2.45) is 0 Å². The van der Waals surface area contributed by atoms with E-state index < -0.39 is 5.41 Å². The second-order valence-corrected chi connectivity index (χ2v) is 16.0. The van der Waals surface area contributed by atoms with Crippen LogP contribution in [-0.2, 0) is 5.41 Å². The van der Waals surface area contributed by atoms with Crippen molar-refractivity contribution in [3.63, 3.8) is 0 Å². The number of hydrogen-bond donors (Lipinski definition) is 0.